The van der Waals surface area contributed by atoms with E-state index in [2.05, 4.69) is 6.58 Å². The average Bonchev–Trinajstić information content (AvgIpc) is 2.19. The highest BCUT2D eigenvalue weighted by atomic mass is 16.1. The van der Waals surface area contributed by atoms with E-state index < -0.39 is 0 Å². The first kappa shape index (κ1) is 8.24. The molecule has 0 N–H and O–H groups in total. The minimum atomic E-state index is -0.360. The number of allylic oxidation sites excluding steroid dienone is 1. The first-order chi connectivity index (χ1) is 6.29. The van der Waals surface area contributed by atoms with Gasteiger partial charge >= 0.3 is 0 Å². The summed E-state index contributed by atoms with van der Waals surface area (Å²) in [5.74, 6) is 0.300. The van der Waals surface area contributed by atoms with Gasteiger partial charge in [-0.15, -0.1) is 6.58 Å². The molecule has 1 aliphatic carbocycles. The molecule has 0 heterocycles. The molecule has 13 heavy (non-hydrogen) atoms. The molecular weight excluding hydrogens is 160 g/mol. The second-order valence-electron chi connectivity index (χ2n) is 3.46. The average molecular weight is 172 g/mol. The lowest BCUT2D eigenvalue weighted by molar-refractivity contribution is -0.129. The highest BCUT2D eigenvalue weighted by molar-refractivity contribution is 5.97. The number of Topliss-reactive ketones (excluding diaryl/α,β-unsaturated/α-hetero) is 1. The Hall–Kier alpha value is -1.37. The molecule has 0 bridgehead atoms. The maximum absolute atomic E-state index is 11.5. The van der Waals surface area contributed by atoms with Crippen LogP contribution in [0.2, 0.25) is 0 Å². The second-order valence-corrected chi connectivity index (χ2v) is 3.46. The van der Waals surface area contributed by atoms with E-state index in [-0.39, 0.29) is 5.41 Å². The Morgan fingerprint density at radius 2 is 2.00 bits per heavy atom. The lowest BCUT2D eigenvalue weighted by Crippen LogP contribution is -2.42. The number of carbonyl (C=O) groups is 1. The molecule has 1 aromatic carbocycles. The van der Waals surface area contributed by atoms with Crippen molar-refractivity contribution in [2.75, 3.05) is 0 Å². The van der Waals surface area contributed by atoms with Crippen LogP contribution in [0.25, 0.3) is 0 Å². The molecule has 1 nitrogen and oxygen atoms in total. The van der Waals surface area contributed by atoms with Crippen LogP contribution in [0, 0.1) is 0 Å². The summed E-state index contributed by atoms with van der Waals surface area (Å²) in [7, 11) is 0. The van der Waals surface area contributed by atoms with Crippen molar-refractivity contribution < 1.29 is 4.79 Å². The molecule has 0 spiro atoms. The number of carbonyl (C=O) groups excluding carboxylic acids is 1. The molecule has 1 heteroatoms. The molecule has 0 saturated heterocycles. The zero-order chi connectivity index (χ0) is 9.31. The summed E-state index contributed by atoms with van der Waals surface area (Å²) in [6.45, 7) is 3.76. The highest BCUT2D eigenvalue weighted by Crippen LogP contribution is 2.41. The van der Waals surface area contributed by atoms with Crippen molar-refractivity contribution in [1.82, 2.24) is 0 Å². The first-order valence-electron chi connectivity index (χ1n) is 4.52. The van der Waals surface area contributed by atoms with E-state index in [0.29, 0.717) is 12.2 Å². The summed E-state index contributed by atoms with van der Waals surface area (Å²) in [6.07, 6.45) is 3.40. The molecule has 1 saturated carbocycles. The zero-order valence-corrected chi connectivity index (χ0v) is 7.49. The topological polar surface area (TPSA) is 17.1 Å². The van der Waals surface area contributed by atoms with Crippen LogP contribution in [0.5, 0.6) is 0 Å². The van der Waals surface area contributed by atoms with E-state index in [1.54, 1.807) is 6.08 Å². The third-order valence-electron chi connectivity index (χ3n) is 2.88. The van der Waals surface area contributed by atoms with Gasteiger partial charge in [0.15, 0.2) is 0 Å². The molecule has 0 unspecified atom stereocenters. The SMILES string of the molecule is C=C[C@]1(c2ccccc2)CCC1=O. The molecule has 1 fully saturated rings. The van der Waals surface area contributed by atoms with Crippen LogP contribution in [0.3, 0.4) is 0 Å². The van der Waals surface area contributed by atoms with Crippen molar-refractivity contribution in [2.45, 2.75) is 18.3 Å². The Balaban J connectivity index is 2.44. The number of hydrogen-bond donors (Lipinski definition) is 0. The third-order valence-corrected chi connectivity index (χ3v) is 2.88. The standard InChI is InChI=1S/C12H12O/c1-2-12(9-8-11(12)13)10-6-4-3-5-7-10/h2-7H,1,8-9H2/t12-/m1/s1. The minimum Gasteiger partial charge on any atom is -0.298 e. The van der Waals surface area contributed by atoms with Gasteiger partial charge in [-0.3, -0.25) is 4.79 Å². The first-order valence-corrected chi connectivity index (χ1v) is 4.52. The van der Waals surface area contributed by atoms with E-state index in [4.69, 9.17) is 0 Å². The molecule has 0 amide bonds. The van der Waals surface area contributed by atoms with Gasteiger partial charge < -0.3 is 0 Å². The van der Waals surface area contributed by atoms with Crippen LogP contribution in [-0.4, -0.2) is 5.78 Å². The summed E-state index contributed by atoms with van der Waals surface area (Å²) in [5.41, 5.74) is 0.725. The lowest BCUT2D eigenvalue weighted by atomic mass is 9.63. The van der Waals surface area contributed by atoms with Gasteiger partial charge in [0, 0.05) is 6.42 Å². The van der Waals surface area contributed by atoms with Gasteiger partial charge in [-0.1, -0.05) is 36.4 Å². The summed E-state index contributed by atoms with van der Waals surface area (Å²) < 4.78 is 0. The second kappa shape index (κ2) is 2.84. The number of rotatable bonds is 2. The summed E-state index contributed by atoms with van der Waals surface area (Å²) >= 11 is 0. The number of benzene rings is 1. The maximum atomic E-state index is 11.5. The molecule has 1 aliphatic rings. The fraction of sp³-hybridized carbons (Fsp3) is 0.250. The molecule has 2 rings (SSSR count). The van der Waals surface area contributed by atoms with E-state index in [1.165, 1.54) is 0 Å². The third kappa shape index (κ3) is 1.04. The Kier molecular flexibility index (Phi) is 1.80. The van der Waals surface area contributed by atoms with Gasteiger partial charge in [-0.25, -0.2) is 0 Å². The Labute approximate surface area is 78.1 Å². The van der Waals surface area contributed by atoms with Gasteiger partial charge in [0.25, 0.3) is 0 Å². The predicted octanol–water partition coefficient (Wildman–Crippen LogP) is 2.47. The van der Waals surface area contributed by atoms with Crippen molar-refractivity contribution in [1.29, 1.82) is 0 Å². The molecular formula is C12H12O. The van der Waals surface area contributed by atoms with Gasteiger partial charge in [-0.2, -0.15) is 0 Å². The van der Waals surface area contributed by atoms with Crippen molar-refractivity contribution >= 4 is 5.78 Å². The van der Waals surface area contributed by atoms with Gasteiger partial charge in [0.05, 0.1) is 5.41 Å². The highest BCUT2D eigenvalue weighted by Gasteiger charge is 2.44. The van der Waals surface area contributed by atoms with Gasteiger partial charge in [-0.05, 0) is 12.0 Å². The van der Waals surface area contributed by atoms with E-state index >= 15 is 0 Å². The van der Waals surface area contributed by atoms with Crippen LogP contribution < -0.4 is 0 Å². The van der Waals surface area contributed by atoms with Crippen LogP contribution in [-0.2, 0) is 10.2 Å². The Morgan fingerprint density at radius 1 is 1.31 bits per heavy atom. The fourth-order valence-electron chi connectivity index (χ4n) is 1.87. The number of ketones is 1. The monoisotopic (exact) mass is 172 g/mol. The van der Waals surface area contributed by atoms with Gasteiger partial charge in [0.1, 0.15) is 5.78 Å². The van der Waals surface area contributed by atoms with Crippen molar-refractivity contribution in [3.63, 3.8) is 0 Å². The minimum absolute atomic E-state index is 0.300. The predicted molar refractivity (Wildman–Crippen MR) is 52.6 cm³/mol. The van der Waals surface area contributed by atoms with Crippen molar-refractivity contribution in [2.24, 2.45) is 0 Å². The van der Waals surface area contributed by atoms with Crippen LogP contribution >= 0.6 is 0 Å². The summed E-state index contributed by atoms with van der Waals surface area (Å²) in [4.78, 5) is 11.5. The largest absolute Gasteiger partial charge is 0.298 e. The molecule has 0 radical (unpaired) electrons. The van der Waals surface area contributed by atoms with Crippen LogP contribution in [0.4, 0.5) is 0 Å². The quantitative estimate of drug-likeness (QED) is 0.626. The Bertz CT molecular complexity index is 339. The van der Waals surface area contributed by atoms with E-state index in [1.807, 2.05) is 30.3 Å². The van der Waals surface area contributed by atoms with E-state index in [9.17, 15) is 4.79 Å². The smallest absolute Gasteiger partial charge is 0.147 e. The molecule has 0 aromatic heterocycles. The summed E-state index contributed by atoms with van der Waals surface area (Å²) in [5, 5.41) is 0. The maximum Gasteiger partial charge on any atom is 0.147 e. The van der Waals surface area contributed by atoms with E-state index in [0.717, 1.165) is 12.0 Å². The lowest BCUT2D eigenvalue weighted by Gasteiger charge is -2.37. The fourth-order valence-corrected chi connectivity index (χ4v) is 1.87. The Morgan fingerprint density at radius 3 is 2.38 bits per heavy atom. The molecule has 1 aromatic rings. The van der Waals surface area contributed by atoms with Crippen LogP contribution in [0.1, 0.15) is 18.4 Å². The number of hydrogen-bond acceptors (Lipinski definition) is 1. The molecule has 1 atom stereocenters. The van der Waals surface area contributed by atoms with Crippen molar-refractivity contribution in [3.8, 4) is 0 Å². The molecule has 0 aliphatic heterocycles. The normalized spacial score (nSPS) is 26.6. The van der Waals surface area contributed by atoms with Crippen LogP contribution in [0.15, 0.2) is 43.0 Å². The van der Waals surface area contributed by atoms with Gasteiger partial charge in [0.2, 0.25) is 0 Å². The zero-order valence-electron chi connectivity index (χ0n) is 7.49. The summed E-state index contributed by atoms with van der Waals surface area (Å²) in [6, 6.07) is 9.89. The molecule has 66 valence electrons. The van der Waals surface area contributed by atoms with Crippen molar-refractivity contribution in [3.05, 3.63) is 48.6 Å².